The molecule has 14 heavy (non-hydrogen) atoms. The number of hydrogen-bond acceptors (Lipinski definition) is 7. The van der Waals surface area contributed by atoms with Crippen LogP contribution < -0.4 is 0 Å². The molecule has 9 nitrogen and oxygen atoms in total. The first-order chi connectivity index (χ1) is 6.93. The van der Waals surface area contributed by atoms with E-state index in [1.165, 1.54) is 28.2 Å². The maximum absolute atomic E-state index is 4.06. The molecular formula is C5H3N9. The monoisotopic (exact) mass is 189 g/mol. The summed E-state index contributed by atoms with van der Waals surface area (Å²) < 4.78 is 2.80. The molecule has 0 aliphatic rings. The van der Waals surface area contributed by atoms with Gasteiger partial charge in [-0.1, -0.05) is 0 Å². The highest BCUT2D eigenvalue weighted by Crippen LogP contribution is 1.94. The maximum Gasteiger partial charge on any atom is 0.290 e. The lowest BCUT2D eigenvalue weighted by Gasteiger charge is -1.95. The topological polar surface area (TPSA) is 99.6 Å². The normalized spacial score (nSPS) is 10.9. The van der Waals surface area contributed by atoms with E-state index in [-0.39, 0.29) is 0 Å². The fourth-order valence-electron chi connectivity index (χ4n) is 0.969. The fourth-order valence-corrected chi connectivity index (χ4v) is 0.969. The van der Waals surface area contributed by atoms with Crippen LogP contribution in [-0.2, 0) is 0 Å². The molecule has 0 N–H and O–H groups in total. The van der Waals surface area contributed by atoms with E-state index in [4.69, 9.17) is 0 Å². The lowest BCUT2D eigenvalue weighted by Crippen LogP contribution is -2.07. The Hall–Kier alpha value is -2.45. The van der Waals surface area contributed by atoms with Crippen molar-refractivity contribution in [3.63, 3.8) is 0 Å². The first kappa shape index (κ1) is 7.00. The van der Waals surface area contributed by atoms with Crippen LogP contribution in [-0.4, -0.2) is 44.8 Å². The van der Waals surface area contributed by atoms with Crippen molar-refractivity contribution in [2.24, 2.45) is 0 Å². The van der Waals surface area contributed by atoms with Gasteiger partial charge in [0.1, 0.15) is 19.0 Å². The Kier molecular flexibility index (Phi) is 1.26. The Labute approximate surface area is 76.4 Å². The van der Waals surface area contributed by atoms with Crippen molar-refractivity contribution >= 4 is 5.78 Å². The van der Waals surface area contributed by atoms with E-state index in [9.17, 15) is 0 Å². The van der Waals surface area contributed by atoms with Crippen molar-refractivity contribution in [2.45, 2.75) is 0 Å². The third kappa shape index (κ3) is 0.920. The van der Waals surface area contributed by atoms with E-state index in [2.05, 4.69) is 35.6 Å². The van der Waals surface area contributed by atoms with Crippen LogP contribution in [0, 0.1) is 0 Å². The van der Waals surface area contributed by atoms with E-state index < -0.39 is 0 Å². The molecule has 0 radical (unpaired) electrons. The van der Waals surface area contributed by atoms with Gasteiger partial charge in [0, 0.05) is 0 Å². The zero-order valence-corrected chi connectivity index (χ0v) is 6.76. The highest BCUT2D eigenvalue weighted by atomic mass is 15.5. The number of nitrogens with zero attached hydrogens (tertiary/aromatic N) is 9. The standard InChI is InChI=1S/C5H3N9/c1-6-2-13(8-1)5-11-10-4-9-7-3-14(4)12-5/h1-3H. The zero-order valence-electron chi connectivity index (χ0n) is 6.76. The molecule has 3 heterocycles. The van der Waals surface area contributed by atoms with Gasteiger partial charge in [0.05, 0.1) is 0 Å². The quantitative estimate of drug-likeness (QED) is 0.459. The Bertz CT molecular complexity index is 551. The second-order valence-corrected chi connectivity index (χ2v) is 2.42. The summed E-state index contributed by atoms with van der Waals surface area (Å²) in [5.74, 6) is 0.656. The number of hydrogen-bond donors (Lipinski definition) is 0. The van der Waals surface area contributed by atoms with Crippen molar-refractivity contribution in [2.75, 3.05) is 0 Å². The molecule has 3 aromatic heterocycles. The fraction of sp³-hybridized carbons (Fsp3) is 0. The van der Waals surface area contributed by atoms with Crippen LogP contribution in [0.15, 0.2) is 19.0 Å². The second-order valence-electron chi connectivity index (χ2n) is 2.42. The molecular weight excluding hydrogens is 186 g/mol. The van der Waals surface area contributed by atoms with E-state index in [1.54, 1.807) is 0 Å². The van der Waals surface area contributed by atoms with Gasteiger partial charge in [-0.15, -0.1) is 25.5 Å². The molecule has 0 spiro atoms. The van der Waals surface area contributed by atoms with Crippen LogP contribution in [0.25, 0.3) is 11.7 Å². The minimum atomic E-state index is 0.315. The van der Waals surface area contributed by atoms with Crippen LogP contribution in [0.3, 0.4) is 0 Å². The van der Waals surface area contributed by atoms with Crippen LogP contribution in [0.4, 0.5) is 0 Å². The van der Waals surface area contributed by atoms with Crippen molar-refractivity contribution in [3.8, 4) is 5.95 Å². The SMILES string of the molecule is c1ncn(-c2nnc3nncn3n2)n1. The number of rotatable bonds is 1. The molecule has 0 saturated carbocycles. The van der Waals surface area contributed by atoms with Crippen LogP contribution in [0.1, 0.15) is 0 Å². The van der Waals surface area contributed by atoms with Gasteiger partial charge >= 0.3 is 0 Å². The molecule has 3 aromatic rings. The molecule has 0 atom stereocenters. The molecule has 68 valence electrons. The minimum absolute atomic E-state index is 0.315. The first-order valence-electron chi connectivity index (χ1n) is 3.69. The van der Waals surface area contributed by atoms with Gasteiger partial charge in [-0.05, 0) is 0 Å². The lowest BCUT2D eigenvalue weighted by atomic mass is 11.0. The van der Waals surface area contributed by atoms with E-state index in [0.717, 1.165) is 0 Å². The third-order valence-electron chi connectivity index (χ3n) is 1.56. The van der Waals surface area contributed by atoms with E-state index in [1.807, 2.05) is 0 Å². The molecule has 0 aromatic carbocycles. The maximum atomic E-state index is 4.06. The van der Waals surface area contributed by atoms with Crippen molar-refractivity contribution < 1.29 is 0 Å². The molecule has 0 saturated heterocycles. The molecule has 0 amide bonds. The highest BCUT2D eigenvalue weighted by Gasteiger charge is 2.04. The Balaban J connectivity index is 2.23. The predicted octanol–water partition coefficient (Wildman–Crippen LogP) is -1.51. The van der Waals surface area contributed by atoms with E-state index in [0.29, 0.717) is 11.7 Å². The number of aromatic nitrogens is 9. The van der Waals surface area contributed by atoms with E-state index >= 15 is 0 Å². The summed E-state index contributed by atoms with van der Waals surface area (Å²) in [7, 11) is 0. The van der Waals surface area contributed by atoms with Gasteiger partial charge in [0.25, 0.3) is 11.7 Å². The van der Waals surface area contributed by atoms with Gasteiger partial charge in [0.2, 0.25) is 0 Å². The lowest BCUT2D eigenvalue weighted by molar-refractivity contribution is 0.714. The molecule has 0 bridgehead atoms. The average molecular weight is 189 g/mol. The van der Waals surface area contributed by atoms with Gasteiger partial charge in [-0.2, -0.15) is 14.3 Å². The molecule has 3 rings (SSSR count). The van der Waals surface area contributed by atoms with Gasteiger partial charge in [-0.3, -0.25) is 0 Å². The zero-order chi connectivity index (χ0) is 9.38. The van der Waals surface area contributed by atoms with Crippen LogP contribution >= 0.6 is 0 Å². The number of fused-ring (bicyclic) bond motifs is 1. The summed E-state index contributed by atoms with van der Waals surface area (Å²) >= 11 is 0. The Morgan fingerprint density at radius 1 is 1.07 bits per heavy atom. The summed E-state index contributed by atoms with van der Waals surface area (Å²) in [6.07, 6.45) is 4.30. The minimum Gasteiger partial charge on any atom is -0.223 e. The van der Waals surface area contributed by atoms with Crippen molar-refractivity contribution in [3.05, 3.63) is 19.0 Å². The molecule has 0 aliphatic heterocycles. The molecule has 0 unspecified atom stereocenters. The Morgan fingerprint density at radius 3 is 2.93 bits per heavy atom. The van der Waals surface area contributed by atoms with Crippen LogP contribution in [0.5, 0.6) is 0 Å². The van der Waals surface area contributed by atoms with Crippen LogP contribution in [0.2, 0.25) is 0 Å². The Morgan fingerprint density at radius 2 is 2.07 bits per heavy atom. The average Bonchev–Trinajstić information content (AvgIpc) is 2.88. The predicted molar refractivity (Wildman–Crippen MR) is 41.3 cm³/mol. The summed E-state index contributed by atoms with van der Waals surface area (Å²) in [5, 5.41) is 22.8. The summed E-state index contributed by atoms with van der Waals surface area (Å²) in [5.41, 5.74) is 0. The molecule has 0 aliphatic carbocycles. The van der Waals surface area contributed by atoms with Crippen molar-refractivity contribution in [1.29, 1.82) is 0 Å². The molecule has 0 fully saturated rings. The summed E-state index contributed by atoms with van der Waals surface area (Å²) in [6, 6.07) is 0. The highest BCUT2D eigenvalue weighted by molar-refractivity contribution is 5.20. The van der Waals surface area contributed by atoms with Gasteiger partial charge < -0.3 is 0 Å². The first-order valence-corrected chi connectivity index (χ1v) is 3.69. The summed E-state index contributed by atoms with van der Waals surface area (Å²) in [6.45, 7) is 0. The second kappa shape index (κ2) is 2.52. The molecule has 9 heteroatoms. The largest absolute Gasteiger partial charge is 0.290 e. The van der Waals surface area contributed by atoms with Crippen molar-refractivity contribution in [1.82, 2.24) is 44.8 Å². The van der Waals surface area contributed by atoms with Gasteiger partial charge in [0.15, 0.2) is 0 Å². The smallest absolute Gasteiger partial charge is 0.223 e. The summed E-state index contributed by atoms with van der Waals surface area (Å²) in [4.78, 5) is 3.77. The third-order valence-corrected chi connectivity index (χ3v) is 1.56. The van der Waals surface area contributed by atoms with Gasteiger partial charge in [-0.25, -0.2) is 4.98 Å².